The van der Waals surface area contributed by atoms with Crippen LogP contribution in [0.1, 0.15) is 17.0 Å². The Hall–Kier alpha value is -2.26. The van der Waals surface area contributed by atoms with Gasteiger partial charge in [0, 0.05) is 6.54 Å². The number of hydrogen-bond donors (Lipinski definition) is 1. The second-order valence-electron chi connectivity index (χ2n) is 5.33. The molecular formula is C16H22N2O6S. The first-order valence-electron chi connectivity index (χ1n) is 7.55. The van der Waals surface area contributed by atoms with Gasteiger partial charge in [0.1, 0.15) is 10.6 Å². The van der Waals surface area contributed by atoms with Crippen LogP contribution in [0.15, 0.2) is 21.6 Å². The molecule has 0 bridgehead atoms. The van der Waals surface area contributed by atoms with Crippen molar-refractivity contribution in [2.45, 2.75) is 25.2 Å². The highest BCUT2D eigenvalue weighted by Gasteiger charge is 2.23. The molecule has 8 nitrogen and oxygen atoms in total. The molecule has 2 aromatic rings. The van der Waals surface area contributed by atoms with Crippen LogP contribution in [-0.2, 0) is 16.4 Å². The number of ether oxygens (including phenoxy) is 3. The van der Waals surface area contributed by atoms with E-state index in [0.29, 0.717) is 29.4 Å². The largest absolute Gasteiger partial charge is 0.493 e. The molecule has 0 aliphatic rings. The van der Waals surface area contributed by atoms with Crippen molar-refractivity contribution in [3.05, 3.63) is 29.2 Å². The third kappa shape index (κ3) is 4.05. The summed E-state index contributed by atoms with van der Waals surface area (Å²) >= 11 is 0. The Bertz CT molecular complexity index is 800. The molecule has 0 unspecified atom stereocenters. The first-order valence-corrected chi connectivity index (χ1v) is 9.03. The summed E-state index contributed by atoms with van der Waals surface area (Å²) in [4.78, 5) is 0.0809. The maximum Gasteiger partial charge on any atom is 0.245 e. The van der Waals surface area contributed by atoms with Crippen molar-refractivity contribution < 1.29 is 27.2 Å². The van der Waals surface area contributed by atoms with Gasteiger partial charge in [-0.1, -0.05) is 5.16 Å². The number of methoxy groups -OCH3 is 3. The summed E-state index contributed by atoms with van der Waals surface area (Å²) in [5.74, 6) is 1.79. The lowest BCUT2D eigenvalue weighted by molar-refractivity contribution is 0.324. The Morgan fingerprint density at radius 3 is 2.12 bits per heavy atom. The second kappa shape index (κ2) is 7.75. The van der Waals surface area contributed by atoms with E-state index in [2.05, 4.69) is 9.88 Å². The van der Waals surface area contributed by atoms with Gasteiger partial charge in [0.2, 0.25) is 15.8 Å². The van der Waals surface area contributed by atoms with Crippen molar-refractivity contribution in [2.24, 2.45) is 0 Å². The SMILES string of the molecule is COc1cc(CCNS(=O)(=O)c2c(C)noc2C)cc(OC)c1OC. The Kier molecular flexibility index (Phi) is 5.91. The predicted octanol–water partition coefficient (Wildman–Crippen LogP) is 1.84. The fraction of sp³-hybridized carbons (Fsp3) is 0.438. The summed E-state index contributed by atoms with van der Waals surface area (Å²) in [5, 5.41) is 3.67. The fourth-order valence-corrected chi connectivity index (χ4v) is 3.90. The third-order valence-corrected chi connectivity index (χ3v) is 5.37. The van der Waals surface area contributed by atoms with Crippen LogP contribution in [0.5, 0.6) is 17.2 Å². The summed E-state index contributed by atoms with van der Waals surface area (Å²) in [6.07, 6.45) is 0.444. The summed E-state index contributed by atoms with van der Waals surface area (Å²) in [6.45, 7) is 3.35. The molecule has 9 heteroatoms. The van der Waals surface area contributed by atoms with E-state index in [4.69, 9.17) is 18.7 Å². The highest BCUT2D eigenvalue weighted by Crippen LogP contribution is 2.38. The van der Waals surface area contributed by atoms with E-state index in [1.807, 2.05) is 0 Å². The quantitative estimate of drug-likeness (QED) is 0.757. The number of sulfonamides is 1. The lowest BCUT2D eigenvalue weighted by atomic mass is 10.1. The highest BCUT2D eigenvalue weighted by molar-refractivity contribution is 7.89. The van der Waals surface area contributed by atoms with E-state index in [-0.39, 0.29) is 17.2 Å². The van der Waals surface area contributed by atoms with Crippen LogP contribution in [0, 0.1) is 13.8 Å². The molecule has 0 spiro atoms. The molecule has 2 rings (SSSR count). The molecule has 1 aromatic carbocycles. The van der Waals surface area contributed by atoms with Crippen LogP contribution in [0.3, 0.4) is 0 Å². The van der Waals surface area contributed by atoms with Gasteiger partial charge >= 0.3 is 0 Å². The van der Waals surface area contributed by atoms with E-state index < -0.39 is 10.0 Å². The monoisotopic (exact) mass is 370 g/mol. The summed E-state index contributed by atoms with van der Waals surface area (Å²) < 4.78 is 48.1. The lowest BCUT2D eigenvalue weighted by Crippen LogP contribution is -2.26. The van der Waals surface area contributed by atoms with Crippen LogP contribution in [0.2, 0.25) is 0 Å². The highest BCUT2D eigenvalue weighted by atomic mass is 32.2. The average Bonchev–Trinajstić information content (AvgIpc) is 2.92. The van der Waals surface area contributed by atoms with Crippen molar-refractivity contribution >= 4 is 10.0 Å². The Morgan fingerprint density at radius 1 is 1.08 bits per heavy atom. The first-order chi connectivity index (χ1) is 11.8. The zero-order chi connectivity index (χ0) is 18.6. The smallest absolute Gasteiger partial charge is 0.245 e. The van der Waals surface area contributed by atoms with Gasteiger partial charge < -0.3 is 18.7 Å². The lowest BCUT2D eigenvalue weighted by Gasteiger charge is -2.14. The van der Waals surface area contributed by atoms with Crippen LogP contribution < -0.4 is 18.9 Å². The van der Waals surface area contributed by atoms with E-state index in [1.54, 1.807) is 26.0 Å². The Morgan fingerprint density at radius 2 is 1.68 bits per heavy atom. The summed E-state index contributed by atoms with van der Waals surface area (Å²) in [7, 11) is 0.898. The Balaban J connectivity index is 2.14. The van der Waals surface area contributed by atoms with Crippen molar-refractivity contribution in [1.82, 2.24) is 9.88 Å². The second-order valence-corrected chi connectivity index (χ2v) is 7.04. The Labute approximate surface area is 147 Å². The van der Waals surface area contributed by atoms with Gasteiger partial charge in [0.15, 0.2) is 17.3 Å². The maximum absolute atomic E-state index is 12.4. The van der Waals surface area contributed by atoms with Gasteiger partial charge in [0.25, 0.3) is 0 Å². The minimum absolute atomic E-state index is 0.0809. The maximum atomic E-state index is 12.4. The van der Waals surface area contributed by atoms with Crippen molar-refractivity contribution in [1.29, 1.82) is 0 Å². The van der Waals surface area contributed by atoms with E-state index in [1.165, 1.54) is 21.3 Å². The molecule has 0 aliphatic heterocycles. The number of nitrogens with zero attached hydrogens (tertiary/aromatic N) is 1. The molecule has 0 fully saturated rings. The number of aromatic nitrogens is 1. The third-order valence-electron chi connectivity index (χ3n) is 3.67. The first kappa shape index (κ1) is 19.1. The minimum Gasteiger partial charge on any atom is -0.493 e. The van der Waals surface area contributed by atoms with Gasteiger partial charge in [-0.15, -0.1) is 0 Å². The zero-order valence-corrected chi connectivity index (χ0v) is 15.7. The number of hydrogen-bond acceptors (Lipinski definition) is 7. The molecule has 1 heterocycles. The van der Waals surface area contributed by atoms with E-state index in [0.717, 1.165) is 5.56 Å². The molecule has 25 heavy (non-hydrogen) atoms. The van der Waals surface area contributed by atoms with Crippen LogP contribution in [-0.4, -0.2) is 41.4 Å². The fourth-order valence-electron chi connectivity index (χ4n) is 2.54. The minimum atomic E-state index is -3.69. The molecule has 138 valence electrons. The molecular weight excluding hydrogens is 348 g/mol. The molecule has 1 N–H and O–H groups in total. The van der Waals surface area contributed by atoms with Crippen LogP contribution >= 0.6 is 0 Å². The molecule has 0 aliphatic carbocycles. The normalized spacial score (nSPS) is 11.4. The number of aryl methyl sites for hydroxylation is 2. The van der Waals surface area contributed by atoms with Crippen molar-refractivity contribution in [3.8, 4) is 17.2 Å². The predicted molar refractivity (Wildman–Crippen MR) is 91.0 cm³/mol. The van der Waals surface area contributed by atoms with Crippen LogP contribution in [0.25, 0.3) is 0 Å². The number of nitrogens with one attached hydrogen (secondary N) is 1. The molecule has 1 aromatic heterocycles. The van der Waals surface area contributed by atoms with Gasteiger partial charge in [-0.2, -0.15) is 0 Å². The standard InChI is InChI=1S/C16H22N2O6S/c1-10-16(11(2)24-18-10)25(19,20)17-7-6-12-8-13(21-3)15(23-5)14(9-12)22-4/h8-9,17H,6-7H2,1-5H3. The topological polar surface area (TPSA) is 99.9 Å². The van der Waals surface area contributed by atoms with E-state index >= 15 is 0 Å². The average molecular weight is 370 g/mol. The zero-order valence-electron chi connectivity index (χ0n) is 14.9. The van der Waals surface area contributed by atoms with Gasteiger partial charge in [0.05, 0.1) is 21.3 Å². The molecule has 0 radical (unpaired) electrons. The van der Waals surface area contributed by atoms with Crippen molar-refractivity contribution in [3.63, 3.8) is 0 Å². The molecule has 0 saturated carbocycles. The number of benzene rings is 1. The summed E-state index contributed by atoms with van der Waals surface area (Å²) in [5.41, 5.74) is 1.17. The van der Waals surface area contributed by atoms with Gasteiger partial charge in [-0.05, 0) is 38.0 Å². The van der Waals surface area contributed by atoms with E-state index in [9.17, 15) is 8.42 Å². The van der Waals surface area contributed by atoms with Crippen LogP contribution in [0.4, 0.5) is 0 Å². The van der Waals surface area contributed by atoms with Gasteiger partial charge in [-0.3, -0.25) is 0 Å². The molecule has 0 atom stereocenters. The molecule has 0 saturated heterocycles. The van der Waals surface area contributed by atoms with Crippen molar-refractivity contribution in [2.75, 3.05) is 27.9 Å². The number of rotatable bonds is 8. The molecule has 0 amide bonds. The summed E-state index contributed by atoms with van der Waals surface area (Å²) in [6, 6.07) is 3.57. The van der Waals surface area contributed by atoms with Gasteiger partial charge in [-0.25, -0.2) is 13.1 Å².